The van der Waals surface area contributed by atoms with Crippen molar-refractivity contribution in [3.05, 3.63) is 47.3 Å². The standard InChI is InChI=1S/C13H15NO4S2/c15-10-12-6-7-13(19-12)20(16,17)14-8-9-18-11-4-2-1-3-5-11/h1-7,14-15H,8-10H2. The SMILES string of the molecule is O=S(=O)(NCCOc1ccccc1)c1ccc(CO)s1. The lowest BCUT2D eigenvalue weighted by Gasteiger charge is -2.07. The largest absolute Gasteiger partial charge is 0.492 e. The molecule has 0 radical (unpaired) electrons. The Morgan fingerprint density at radius 2 is 1.90 bits per heavy atom. The normalized spacial score (nSPS) is 11.4. The number of ether oxygens (including phenoxy) is 1. The lowest BCUT2D eigenvalue weighted by atomic mass is 10.3. The molecule has 0 bridgehead atoms. The Labute approximate surface area is 121 Å². The Kier molecular flexibility index (Phi) is 5.13. The van der Waals surface area contributed by atoms with E-state index in [-0.39, 0.29) is 24.0 Å². The number of benzene rings is 1. The number of rotatable bonds is 7. The minimum Gasteiger partial charge on any atom is -0.492 e. The van der Waals surface area contributed by atoms with Gasteiger partial charge in [-0.3, -0.25) is 0 Å². The average Bonchev–Trinajstić information content (AvgIpc) is 2.95. The van der Waals surface area contributed by atoms with Crippen LogP contribution in [0.15, 0.2) is 46.7 Å². The molecule has 1 aromatic carbocycles. The molecule has 0 saturated heterocycles. The summed E-state index contributed by atoms with van der Waals surface area (Å²) in [7, 11) is -3.53. The van der Waals surface area contributed by atoms with Crippen LogP contribution in [0.3, 0.4) is 0 Å². The molecule has 108 valence electrons. The third-order valence-electron chi connectivity index (χ3n) is 2.46. The smallest absolute Gasteiger partial charge is 0.250 e. The number of nitrogens with one attached hydrogen (secondary N) is 1. The summed E-state index contributed by atoms with van der Waals surface area (Å²) in [6.07, 6.45) is 0. The first kappa shape index (κ1) is 15.0. The van der Waals surface area contributed by atoms with Crippen molar-refractivity contribution >= 4 is 21.4 Å². The molecule has 7 heteroatoms. The zero-order chi connectivity index (χ0) is 14.4. The topological polar surface area (TPSA) is 75.6 Å². The van der Waals surface area contributed by atoms with Gasteiger partial charge in [0.05, 0.1) is 6.61 Å². The summed E-state index contributed by atoms with van der Waals surface area (Å²) >= 11 is 1.05. The summed E-state index contributed by atoms with van der Waals surface area (Å²) in [5, 5.41) is 8.93. The van der Waals surface area contributed by atoms with Crippen molar-refractivity contribution in [2.24, 2.45) is 0 Å². The highest BCUT2D eigenvalue weighted by Crippen LogP contribution is 2.21. The first-order chi connectivity index (χ1) is 9.62. The van der Waals surface area contributed by atoms with Crippen molar-refractivity contribution in [2.75, 3.05) is 13.2 Å². The van der Waals surface area contributed by atoms with Gasteiger partial charge in [0, 0.05) is 11.4 Å². The maximum Gasteiger partial charge on any atom is 0.250 e. The molecule has 0 amide bonds. The van der Waals surface area contributed by atoms with Gasteiger partial charge in [-0.15, -0.1) is 11.3 Å². The summed E-state index contributed by atoms with van der Waals surface area (Å²) in [5.74, 6) is 0.699. The van der Waals surface area contributed by atoms with Crippen molar-refractivity contribution in [2.45, 2.75) is 10.8 Å². The highest BCUT2D eigenvalue weighted by atomic mass is 32.2. The monoisotopic (exact) mass is 313 g/mol. The van der Waals surface area contributed by atoms with Crippen LogP contribution < -0.4 is 9.46 Å². The van der Waals surface area contributed by atoms with Crippen molar-refractivity contribution in [1.29, 1.82) is 0 Å². The van der Waals surface area contributed by atoms with Crippen LogP contribution in [0.4, 0.5) is 0 Å². The van der Waals surface area contributed by atoms with Crippen LogP contribution in [-0.4, -0.2) is 26.7 Å². The molecule has 0 fully saturated rings. The van der Waals surface area contributed by atoms with E-state index in [9.17, 15) is 8.42 Å². The summed E-state index contributed by atoms with van der Waals surface area (Å²) in [6.45, 7) is 0.280. The second kappa shape index (κ2) is 6.85. The fraction of sp³-hybridized carbons (Fsp3) is 0.231. The molecule has 2 aromatic rings. The van der Waals surface area contributed by atoms with Crippen LogP contribution in [0, 0.1) is 0 Å². The fourth-order valence-electron chi connectivity index (χ4n) is 1.52. The minimum absolute atomic E-state index is 0.155. The Balaban J connectivity index is 1.84. The third kappa shape index (κ3) is 4.04. The van der Waals surface area contributed by atoms with Crippen molar-refractivity contribution in [3.8, 4) is 5.75 Å². The second-order valence-electron chi connectivity index (χ2n) is 3.94. The molecule has 0 spiro atoms. The van der Waals surface area contributed by atoms with E-state index in [1.807, 2.05) is 18.2 Å². The van der Waals surface area contributed by atoms with Gasteiger partial charge < -0.3 is 9.84 Å². The second-order valence-corrected chi connectivity index (χ2v) is 7.10. The first-order valence-corrected chi connectivity index (χ1v) is 8.29. The highest BCUT2D eigenvalue weighted by molar-refractivity contribution is 7.91. The summed E-state index contributed by atoms with van der Waals surface area (Å²) in [4.78, 5) is 0.617. The van der Waals surface area contributed by atoms with E-state index in [2.05, 4.69) is 4.72 Å². The number of thiophene rings is 1. The molecule has 0 atom stereocenters. The van der Waals surface area contributed by atoms with E-state index in [1.54, 1.807) is 18.2 Å². The zero-order valence-electron chi connectivity index (χ0n) is 10.7. The molecule has 0 saturated carbocycles. The molecule has 0 aliphatic carbocycles. The van der Waals surface area contributed by atoms with Gasteiger partial charge in [0.1, 0.15) is 16.6 Å². The van der Waals surface area contributed by atoms with Gasteiger partial charge in [0.15, 0.2) is 0 Å². The zero-order valence-corrected chi connectivity index (χ0v) is 12.3. The molecule has 5 nitrogen and oxygen atoms in total. The number of aliphatic hydroxyl groups is 1. The Morgan fingerprint density at radius 3 is 2.55 bits per heavy atom. The third-order valence-corrected chi connectivity index (χ3v) is 5.49. The fourth-order valence-corrected chi connectivity index (χ4v) is 3.79. The molecule has 1 aromatic heterocycles. The van der Waals surface area contributed by atoms with E-state index in [1.165, 1.54) is 6.07 Å². The van der Waals surface area contributed by atoms with Crippen LogP contribution in [0.25, 0.3) is 0 Å². The lowest BCUT2D eigenvalue weighted by molar-refractivity contribution is 0.285. The quantitative estimate of drug-likeness (QED) is 0.761. The van der Waals surface area contributed by atoms with Crippen molar-refractivity contribution < 1.29 is 18.3 Å². The van der Waals surface area contributed by atoms with Gasteiger partial charge in [-0.05, 0) is 24.3 Å². The Morgan fingerprint density at radius 1 is 1.15 bits per heavy atom. The molecule has 2 rings (SSSR count). The minimum atomic E-state index is -3.53. The maximum absolute atomic E-state index is 11.9. The molecule has 2 N–H and O–H groups in total. The van der Waals surface area contributed by atoms with Gasteiger partial charge in [-0.2, -0.15) is 0 Å². The van der Waals surface area contributed by atoms with Crippen molar-refractivity contribution in [3.63, 3.8) is 0 Å². The molecule has 0 aliphatic heterocycles. The van der Waals surface area contributed by atoms with E-state index in [0.717, 1.165) is 11.3 Å². The van der Waals surface area contributed by atoms with Gasteiger partial charge in [-0.25, -0.2) is 13.1 Å². The summed E-state index contributed by atoms with van der Waals surface area (Å²) in [5.41, 5.74) is 0. The van der Waals surface area contributed by atoms with Gasteiger partial charge in [0.25, 0.3) is 0 Å². The number of para-hydroxylation sites is 1. The van der Waals surface area contributed by atoms with E-state index < -0.39 is 10.0 Å². The summed E-state index contributed by atoms with van der Waals surface area (Å²) in [6, 6.07) is 12.3. The number of sulfonamides is 1. The van der Waals surface area contributed by atoms with Crippen LogP contribution in [0.5, 0.6) is 5.75 Å². The number of hydrogen-bond acceptors (Lipinski definition) is 5. The van der Waals surface area contributed by atoms with Crippen LogP contribution in [0.1, 0.15) is 4.88 Å². The van der Waals surface area contributed by atoms with Gasteiger partial charge in [-0.1, -0.05) is 18.2 Å². The Hall–Kier alpha value is -1.41. The predicted molar refractivity (Wildman–Crippen MR) is 77.4 cm³/mol. The van der Waals surface area contributed by atoms with E-state index in [4.69, 9.17) is 9.84 Å². The van der Waals surface area contributed by atoms with E-state index in [0.29, 0.717) is 10.6 Å². The van der Waals surface area contributed by atoms with Gasteiger partial charge >= 0.3 is 0 Å². The predicted octanol–water partition coefficient (Wildman–Crippen LogP) is 1.60. The maximum atomic E-state index is 11.9. The summed E-state index contributed by atoms with van der Waals surface area (Å²) < 4.78 is 31.9. The van der Waals surface area contributed by atoms with Crippen LogP contribution in [0.2, 0.25) is 0 Å². The molecule has 0 unspecified atom stereocenters. The van der Waals surface area contributed by atoms with Gasteiger partial charge in [0.2, 0.25) is 10.0 Å². The Bertz CT molecular complexity index is 637. The molecular formula is C13H15NO4S2. The van der Waals surface area contributed by atoms with Crippen LogP contribution in [-0.2, 0) is 16.6 Å². The molecule has 0 aliphatic rings. The molecule has 1 heterocycles. The van der Waals surface area contributed by atoms with E-state index >= 15 is 0 Å². The number of aliphatic hydroxyl groups excluding tert-OH is 1. The lowest BCUT2D eigenvalue weighted by Crippen LogP contribution is -2.27. The van der Waals surface area contributed by atoms with Crippen LogP contribution >= 0.6 is 11.3 Å². The number of hydrogen-bond donors (Lipinski definition) is 2. The average molecular weight is 313 g/mol. The molecule has 20 heavy (non-hydrogen) atoms. The van der Waals surface area contributed by atoms with Crippen molar-refractivity contribution in [1.82, 2.24) is 4.72 Å². The first-order valence-electron chi connectivity index (χ1n) is 5.99. The highest BCUT2D eigenvalue weighted by Gasteiger charge is 2.15. The molecular weight excluding hydrogens is 298 g/mol.